The van der Waals surface area contributed by atoms with Gasteiger partial charge in [-0.15, -0.1) is 11.3 Å². The first-order chi connectivity index (χ1) is 9.10. The summed E-state index contributed by atoms with van der Waals surface area (Å²) in [6, 6.07) is 1.69. The highest BCUT2D eigenvalue weighted by molar-refractivity contribution is 7.12. The number of rotatable bonds is 7. The third-order valence-electron chi connectivity index (χ3n) is 2.56. The number of hydrogen-bond donors (Lipinski definition) is 1. The zero-order valence-corrected chi connectivity index (χ0v) is 11.9. The van der Waals surface area contributed by atoms with Crippen molar-refractivity contribution in [1.29, 1.82) is 0 Å². The third-order valence-corrected chi connectivity index (χ3v) is 3.47. The number of nitrogens with two attached hydrogens (primary N) is 1. The summed E-state index contributed by atoms with van der Waals surface area (Å²) in [6.07, 6.45) is 0.150. The van der Waals surface area contributed by atoms with Crippen molar-refractivity contribution in [2.75, 3.05) is 39.6 Å². The lowest BCUT2D eigenvalue weighted by atomic mass is 10.3. The molecule has 6 nitrogen and oxygen atoms in total. The van der Waals surface area contributed by atoms with Gasteiger partial charge in [-0.25, -0.2) is 0 Å². The van der Waals surface area contributed by atoms with E-state index in [9.17, 15) is 9.59 Å². The summed E-state index contributed by atoms with van der Waals surface area (Å²) >= 11 is 1.29. The van der Waals surface area contributed by atoms with Crippen molar-refractivity contribution in [3.05, 3.63) is 16.3 Å². The van der Waals surface area contributed by atoms with Crippen LogP contribution in [0.25, 0.3) is 0 Å². The Bertz CT molecular complexity index is 433. The highest BCUT2D eigenvalue weighted by Gasteiger charge is 2.20. The fourth-order valence-corrected chi connectivity index (χ4v) is 2.27. The maximum Gasteiger partial charge on any atom is 0.307 e. The maximum atomic E-state index is 12.3. The smallest absolute Gasteiger partial charge is 0.307 e. The summed E-state index contributed by atoms with van der Waals surface area (Å²) in [7, 11) is 2.88. The number of nitrogens with zero attached hydrogens (tertiary/aromatic N) is 1. The van der Waals surface area contributed by atoms with Gasteiger partial charge in [0, 0.05) is 20.2 Å². The first-order valence-electron chi connectivity index (χ1n) is 5.78. The Morgan fingerprint density at radius 3 is 2.63 bits per heavy atom. The number of methoxy groups -OCH3 is 2. The Kier molecular flexibility index (Phi) is 6.31. The summed E-state index contributed by atoms with van der Waals surface area (Å²) in [5.41, 5.74) is 6.18. The molecule has 1 rings (SSSR count). The summed E-state index contributed by atoms with van der Waals surface area (Å²) in [5.74, 6) is -0.539. The number of nitrogen functional groups attached to an aromatic ring is 1. The van der Waals surface area contributed by atoms with Crippen LogP contribution in [0.1, 0.15) is 16.1 Å². The SMILES string of the molecule is COCCN(CCC(=O)OC)C(=O)c1sccc1N. The Balaban J connectivity index is 2.70. The Morgan fingerprint density at radius 2 is 2.11 bits per heavy atom. The van der Waals surface area contributed by atoms with E-state index in [0.29, 0.717) is 23.7 Å². The van der Waals surface area contributed by atoms with Crippen LogP contribution in [-0.2, 0) is 14.3 Å². The fourth-order valence-electron chi connectivity index (χ4n) is 1.48. The third kappa shape index (κ3) is 4.53. The number of amides is 1. The van der Waals surface area contributed by atoms with E-state index < -0.39 is 0 Å². The summed E-state index contributed by atoms with van der Waals surface area (Å²) in [5, 5.41) is 1.76. The van der Waals surface area contributed by atoms with Gasteiger partial charge in [-0.3, -0.25) is 9.59 Å². The van der Waals surface area contributed by atoms with E-state index in [2.05, 4.69) is 4.74 Å². The van der Waals surface area contributed by atoms with E-state index in [4.69, 9.17) is 10.5 Å². The van der Waals surface area contributed by atoms with Crippen LogP contribution in [0, 0.1) is 0 Å². The van der Waals surface area contributed by atoms with Gasteiger partial charge >= 0.3 is 5.97 Å². The second-order valence-electron chi connectivity index (χ2n) is 3.82. The number of ether oxygens (including phenoxy) is 2. The van der Waals surface area contributed by atoms with Gasteiger partial charge in [0.15, 0.2) is 0 Å². The average molecular weight is 286 g/mol. The maximum absolute atomic E-state index is 12.3. The van der Waals surface area contributed by atoms with Crippen molar-refractivity contribution in [2.24, 2.45) is 0 Å². The van der Waals surface area contributed by atoms with Crippen LogP contribution in [0.15, 0.2) is 11.4 Å². The lowest BCUT2D eigenvalue weighted by Gasteiger charge is -2.21. The van der Waals surface area contributed by atoms with Gasteiger partial charge in [-0.05, 0) is 11.4 Å². The van der Waals surface area contributed by atoms with E-state index in [-0.39, 0.29) is 24.8 Å². The summed E-state index contributed by atoms with van der Waals surface area (Å²) < 4.78 is 9.53. The minimum atomic E-state index is -0.352. The van der Waals surface area contributed by atoms with Crippen molar-refractivity contribution >= 4 is 28.9 Å². The number of esters is 1. The van der Waals surface area contributed by atoms with Gasteiger partial charge in [0.25, 0.3) is 5.91 Å². The Labute approximate surface area is 116 Å². The van der Waals surface area contributed by atoms with Gasteiger partial charge in [0.1, 0.15) is 4.88 Å². The second kappa shape index (κ2) is 7.75. The minimum absolute atomic E-state index is 0.150. The quantitative estimate of drug-likeness (QED) is 0.756. The van der Waals surface area contributed by atoms with Crippen LogP contribution in [0.2, 0.25) is 0 Å². The molecule has 0 fully saturated rings. The van der Waals surface area contributed by atoms with Crippen LogP contribution < -0.4 is 5.73 Å². The molecule has 0 saturated carbocycles. The van der Waals surface area contributed by atoms with Gasteiger partial charge in [0.05, 0.1) is 25.8 Å². The number of hydrogen-bond acceptors (Lipinski definition) is 6. The van der Waals surface area contributed by atoms with Gasteiger partial charge < -0.3 is 20.1 Å². The van der Waals surface area contributed by atoms with Crippen molar-refractivity contribution in [3.8, 4) is 0 Å². The van der Waals surface area contributed by atoms with E-state index in [1.807, 2.05) is 0 Å². The average Bonchev–Trinajstić information content (AvgIpc) is 2.84. The molecule has 1 heterocycles. The molecule has 0 aliphatic rings. The molecule has 0 aliphatic heterocycles. The van der Waals surface area contributed by atoms with E-state index in [1.54, 1.807) is 23.5 Å². The van der Waals surface area contributed by atoms with Crippen LogP contribution >= 0.6 is 11.3 Å². The highest BCUT2D eigenvalue weighted by atomic mass is 32.1. The molecule has 0 spiro atoms. The number of thiophene rings is 1. The molecule has 2 N–H and O–H groups in total. The monoisotopic (exact) mass is 286 g/mol. The zero-order valence-electron chi connectivity index (χ0n) is 11.0. The molecule has 0 aromatic carbocycles. The molecular formula is C12H18N2O4S. The molecule has 1 aromatic rings. The number of carbonyl (C=O) groups excluding carboxylic acids is 2. The highest BCUT2D eigenvalue weighted by Crippen LogP contribution is 2.20. The fraction of sp³-hybridized carbons (Fsp3) is 0.500. The predicted molar refractivity (Wildman–Crippen MR) is 73.1 cm³/mol. The van der Waals surface area contributed by atoms with E-state index in [1.165, 1.54) is 18.4 Å². The summed E-state index contributed by atoms with van der Waals surface area (Å²) in [4.78, 5) is 25.5. The predicted octanol–water partition coefficient (Wildman–Crippen LogP) is 0.982. The lowest BCUT2D eigenvalue weighted by molar-refractivity contribution is -0.140. The molecule has 19 heavy (non-hydrogen) atoms. The van der Waals surface area contributed by atoms with Gasteiger partial charge in [-0.1, -0.05) is 0 Å². The normalized spacial score (nSPS) is 10.2. The Morgan fingerprint density at radius 1 is 1.37 bits per heavy atom. The molecule has 1 aromatic heterocycles. The molecule has 0 radical (unpaired) electrons. The van der Waals surface area contributed by atoms with Gasteiger partial charge in [-0.2, -0.15) is 0 Å². The Hall–Kier alpha value is -1.60. The van der Waals surface area contributed by atoms with Crippen LogP contribution in [0.4, 0.5) is 5.69 Å². The van der Waals surface area contributed by atoms with Crippen LogP contribution in [-0.4, -0.2) is 50.7 Å². The molecule has 0 aliphatic carbocycles. The zero-order chi connectivity index (χ0) is 14.3. The standard InChI is InChI=1S/C12H18N2O4S/c1-17-7-6-14(5-3-10(15)18-2)12(16)11-9(13)4-8-19-11/h4,8H,3,5-7,13H2,1-2H3. The minimum Gasteiger partial charge on any atom is -0.469 e. The molecule has 1 amide bonds. The van der Waals surface area contributed by atoms with Crippen molar-refractivity contribution < 1.29 is 19.1 Å². The largest absolute Gasteiger partial charge is 0.469 e. The van der Waals surface area contributed by atoms with Gasteiger partial charge in [0.2, 0.25) is 0 Å². The molecule has 0 atom stereocenters. The van der Waals surface area contributed by atoms with Crippen molar-refractivity contribution in [2.45, 2.75) is 6.42 Å². The first-order valence-corrected chi connectivity index (χ1v) is 6.66. The van der Waals surface area contributed by atoms with Crippen LogP contribution in [0.5, 0.6) is 0 Å². The molecule has 106 valence electrons. The second-order valence-corrected chi connectivity index (χ2v) is 4.73. The number of anilines is 1. The van der Waals surface area contributed by atoms with E-state index >= 15 is 0 Å². The van der Waals surface area contributed by atoms with Crippen LogP contribution in [0.3, 0.4) is 0 Å². The topological polar surface area (TPSA) is 81.9 Å². The first kappa shape index (κ1) is 15.5. The molecule has 7 heteroatoms. The molecule has 0 bridgehead atoms. The lowest BCUT2D eigenvalue weighted by Crippen LogP contribution is -2.35. The molecular weight excluding hydrogens is 268 g/mol. The number of carbonyl (C=O) groups is 2. The summed E-state index contributed by atoms with van der Waals surface area (Å²) in [6.45, 7) is 1.09. The molecule has 0 unspecified atom stereocenters. The van der Waals surface area contributed by atoms with E-state index in [0.717, 1.165) is 0 Å². The molecule has 0 saturated heterocycles. The van der Waals surface area contributed by atoms with Crippen molar-refractivity contribution in [3.63, 3.8) is 0 Å². The van der Waals surface area contributed by atoms with Crippen molar-refractivity contribution in [1.82, 2.24) is 4.90 Å².